The van der Waals surface area contributed by atoms with Gasteiger partial charge in [0.2, 0.25) is 0 Å². The predicted octanol–water partition coefficient (Wildman–Crippen LogP) is 4.55. The third kappa shape index (κ3) is 9.74. The van der Waals surface area contributed by atoms with Gasteiger partial charge in [-0.25, -0.2) is 0 Å². The van der Waals surface area contributed by atoms with E-state index in [0.717, 1.165) is 19.3 Å². The van der Waals surface area contributed by atoms with Crippen LogP contribution in [0.5, 0.6) is 0 Å². The van der Waals surface area contributed by atoms with E-state index in [2.05, 4.69) is 0 Å². The van der Waals surface area contributed by atoms with Gasteiger partial charge in [0.25, 0.3) is 0 Å². The van der Waals surface area contributed by atoms with Crippen LogP contribution < -0.4 is 0 Å². The van der Waals surface area contributed by atoms with Crippen molar-refractivity contribution in [2.24, 2.45) is 0 Å². The summed E-state index contributed by atoms with van der Waals surface area (Å²) in [4.78, 5) is 0. The fourth-order valence-corrected chi connectivity index (χ4v) is 4.46. The molecule has 0 spiro atoms. The van der Waals surface area contributed by atoms with Gasteiger partial charge in [0, 0.05) is 32.3 Å². The van der Waals surface area contributed by atoms with Crippen LogP contribution in [0.2, 0.25) is 6.04 Å². The zero-order valence-corrected chi connectivity index (χ0v) is 13.7. The Morgan fingerprint density at radius 2 is 1.20 bits per heavy atom. The van der Waals surface area contributed by atoms with Gasteiger partial charge >= 0.3 is 15.0 Å². The number of hydrogen-bond donors (Lipinski definition) is 0. The highest BCUT2D eigenvalue weighted by Gasteiger charge is 2.41. The molecule has 0 atom stereocenters. The monoisotopic (exact) mass is 316 g/mol. The lowest BCUT2D eigenvalue weighted by Gasteiger charge is -2.29. The van der Waals surface area contributed by atoms with Crippen molar-refractivity contribution < 1.29 is 26.4 Å². The molecular weight excluding hydrogens is 289 g/mol. The Morgan fingerprint density at radius 3 is 1.50 bits per heavy atom. The third-order valence-electron chi connectivity index (χ3n) is 2.52. The fraction of sp³-hybridized carbons (Fsp3) is 1.00. The largest absolute Gasteiger partial charge is 0.500 e. The van der Waals surface area contributed by atoms with Gasteiger partial charge in [-0.15, -0.1) is 0 Å². The third-order valence-corrected chi connectivity index (χ3v) is 5.42. The lowest BCUT2D eigenvalue weighted by atomic mass is 10.3. The van der Waals surface area contributed by atoms with E-state index >= 15 is 0 Å². The van der Waals surface area contributed by atoms with Gasteiger partial charge in [-0.2, -0.15) is 13.2 Å². The first-order valence-electron chi connectivity index (χ1n) is 7.37. The van der Waals surface area contributed by atoms with Gasteiger partial charge in [-0.1, -0.05) is 20.8 Å². The number of alkyl halides is 3. The SMILES string of the molecule is CCCO[Si](CCCC(F)(F)F)(OCCC)OCCC. The first kappa shape index (κ1) is 19.9. The van der Waals surface area contributed by atoms with Crippen LogP contribution in [0.3, 0.4) is 0 Å². The normalized spacial score (nSPS) is 12.9. The molecule has 0 radical (unpaired) electrons. The minimum Gasteiger partial charge on any atom is -0.373 e. The molecule has 0 saturated carbocycles. The lowest BCUT2D eigenvalue weighted by molar-refractivity contribution is -0.135. The van der Waals surface area contributed by atoms with Crippen LogP contribution >= 0.6 is 0 Å². The molecule has 0 aromatic rings. The van der Waals surface area contributed by atoms with Crippen LogP contribution in [0.1, 0.15) is 52.9 Å². The second-order valence-electron chi connectivity index (χ2n) is 4.70. The van der Waals surface area contributed by atoms with Crippen molar-refractivity contribution in [1.29, 1.82) is 0 Å². The van der Waals surface area contributed by atoms with E-state index in [1.54, 1.807) is 0 Å². The summed E-state index contributed by atoms with van der Waals surface area (Å²) in [5, 5.41) is 0. The van der Waals surface area contributed by atoms with Crippen LogP contribution in [0, 0.1) is 0 Å². The quantitative estimate of drug-likeness (QED) is 0.494. The molecule has 0 aliphatic carbocycles. The summed E-state index contributed by atoms with van der Waals surface area (Å²) < 4.78 is 54.0. The molecule has 122 valence electrons. The van der Waals surface area contributed by atoms with Gasteiger partial charge in [0.05, 0.1) is 0 Å². The van der Waals surface area contributed by atoms with Crippen molar-refractivity contribution in [2.45, 2.75) is 65.1 Å². The van der Waals surface area contributed by atoms with E-state index < -0.39 is 21.4 Å². The molecule has 0 heterocycles. The summed E-state index contributed by atoms with van der Waals surface area (Å²) in [6.45, 7) is 7.25. The first-order chi connectivity index (χ1) is 9.39. The van der Waals surface area contributed by atoms with Crippen molar-refractivity contribution in [3.63, 3.8) is 0 Å². The van der Waals surface area contributed by atoms with Gasteiger partial charge in [0.15, 0.2) is 0 Å². The Kier molecular flexibility index (Phi) is 10.5. The van der Waals surface area contributed by atoms with Crippen LogP contribution in [0.25, 0.3) is 0 Å². The van der Waals surface area contributed by atoms with Crippen LogP contribution in [-0.2, 0) is 13.3 Å². The zero-order chi connectivity index (χ0) is 15.5. The molecule has 0 unspecified atom stereocenters. The standard InChI is InChI=1S/C13H27F3O3Si/c1-4-9-17-20(18-10-5-2,19-11-6-3)12-7-8-13(14,15)16/h4-12H2,1-3H3. The summed E-state index contributed by atoms with van der Waals surface area (Å²) >= 11 is 0. The van der Waals surface area contributed by atoms with E-state index in [0.29, 0.717) is 19.8 Å². The maximum absolute atomic E-state index is 12.3. The summed E-state index contributed by atoms with van der Waals surface area (Å²) in [6, 6.07) is 0.229. The van der Waals surface area contributed by atoms with Gasteiger partial charge in [0.1, 0.15) is 0 Å². The predicted molar refractivity (Wildman–Crippen MR) is 74.6 cm³/mol. The molecule has 7 heteroatoms. The molecule has 0 aromatic heterocycles. The molecule has 3 nitrogen and oxygen atoms in total. The highest BCUT2D eigenvalue weighted by atomic mass is 28.4. The molecule has 0 aliphatic heterocycles. The molecule has 0 aromatic carbocycles. The van der Waals surface area contributed by atoms with Crippen LogP contribution in [-0.4, -0.2) is 34.8 Å². The molecule has 0 bridgehead atoms. The lowest BCUT2D eigenvalue weighted by Crippen LogP contribution is -2.46. The summed E-state index contributed by atoms with van der Waals surface area (Å²) in [5.74, 6) is 0. The van der Waals surface area contributed by atoms with E-state index in [9.17, 15) is 13.2 Å². The molecular formula is C13H27F3O3Si. The molecule has 20 heavy (non-hydrogen) atoms. The van der Waals surface area contributed by atoms with Crippen molar-refractivity contribution in [1.82, 2.24) is 0 Å². The minimum absolute atomic E-state index is 0.00708. The maximum atomic E-state index is 12.3. The fourth-order valence-electron chi connectivity index (χ4n) is 1.62. The van der Waals surface area contributed by atoms with E-state index in [1.807, 2.05) is 20.8 Å². The van der Waals surface area contributed by atoms with E-state index in [4.69, 9.17) is 13.3 Å². The van der Waals surface area contributed by atoms with Gasteiger partial charge in [-0.3, -0.25) is 0 Å². The zero-order valence-electron chi connectivity index (χ0n) is 12.7. The topological polar surface area (TPSA) is 27.7 Å². The van der Waals surface area contributed by atoms with Gasteiger partial charge < -0.3 is 13.3 Å². The van der Waals surface area contributed by atoms with Gasteiger partial charge in [-0.05, 0) is 25.7 Å². The average molecular weight is 316 g/mol. The van der Waals surface area contributed by atoms with Crippen LogP contribution in [0.15, 0.2) is 0 Å². The summed E-state index contributed by atoms with van der Waals surface area (Å²) in [6.07, 6.45) is -2.59. The van der Waals surface area contributed by atoms with Crippen molar-refractivity contribution in [2.75, 3.05) is 19.8 Å². The Hall–Kier alpha value is -0.113. The Balaban J connectivity index is 4.57. The summed E-state index contributed by atoms with van der Waals surface area (Å²) in [5.41, 5.74) is 0. The highest BCUT2D eigenvalue weighted by molar-refractivity contribution is 6.60. The second-order valence-corrected chi connectivity index (χ2v) is 7.43. The number of hydrogen-bond acceptors (Lipinski definition) is 3. The smallest absolute Gasteiger partial charge is 0.373 e. The minimum atomic E-state index is -4.14. The summed E-state index contributed by atoms with van der Waals surface area (Å²) in [7, 11) is -2.96. The molecule has 0 N–H and O–H groups in total. The second kappa shape index (κ2) is 10.6. The van der Waals surface area contributed by atoms with Crippen LogP contribution in [0.4, 0.5) is 13.2 Å². The Labute approximate surface area is 121 Å². The molecule has 0 amide bonds. The molecule has 0 rings (SSSR count). The molecule has 0 aliphatic rings. The average Bonchev–Trinajstić information content (AvgIpc) is 2.38. The van der Waals surface area contributed by atoms with E-state index in [-0.39, 0.29) is 12.5 Å². The van der Waals surface area contributed by atoms with E-state index in [1.165, 1.54) is 0 Å². The number of rotatable bonds is 12. The first-order valence-corrected chi connectivity index (χ1v) is 9.31. The van der Waals surface area contributed by atoms with Crippen molar-refractivity contribution in [3.8, 4) is 0 Å². The number of halogens is 3. The Morgan fingerprint density at radius 1 is 0.800 bits per heavy atom. The Bertz CT molecular complexity index is 216. The highest BCUT2D eigenvalue weighted by Crippen LogP contribution is 2.27. The van der Waals surface area contributed by atoms with Crippen molar-refractivity contribution >= 4 is 8.80 Å². The molecule has 0 saturated heterocycles. The molecule has 0 fully saturated rings. The van der Waals surface area contributed by atoms with Crippen molar-refractivity contribution in [3.05, 3.63) is 0 Å². The maximum Gasteiger partial charge on any atom is 0.500 e.